The minimum absolute atomic E-state index is 0.0378. The maximum Gasteiger partial charge on any atom is 0.318 e. The summed E-state index contributed by atoms with van der Waals surface area (Å²) in [5, 5.41) is 3.18. The molecule has 7 heteroatoms. The number of benzene rings is 1. The predicted molar refractivity (Wildman–Crippen MR) is 104 cm³/mol. The Balaban J connectivity index is 1.17. The third-order valence-corrected chi connectivity index (χ3v) is 6.71. The van der Waals surface area contributed by atoms with Crippen LogP contribution in [0.1, 0.15) is 38.5 Å². The van der Waals surface area contributed by atoms with Crippen molar-refractivity contribution >= 4 is 17.6 Å². The summed E-state index contributed by atoms with van der Waals surface area (Å²) in [4.78, 5) is 31.1. The van der Waals surface area contributed by atoms with Crippen LogP contribution in [-0.4, -0.2) is 65.5 Å². The molecule has 0 radical (unpaired) electrons. The maximum atomic E-state index is 13.4. The molecule has 2 atom stereocenters. The highest BCUT2D eigenvalue weighted by atomic mass is 19.1. The Bertz CT molecular complexity index is 769. The number of anilines is 1. The molecule has 0 spiro atoms. The molecule has 3 saturated heterocycles. The smallest absolute Gasteiger partial charge is 0.318 e. The minimum atomic E-state index is -0.363. The maximum absolute atomic E-state index is 13.4. The van der Waals surface area contributed by atoms with Gasteiger partial charge in [0.05, 0.1) is 0 Å². The van der Waals surface area contributed by atoms with Gasteiger partial charge in [-0.15, -0.1) is 0 Å². The van der Waals surface area contributed by atoms with Gasteiger partial charge in [-0.05, 0) is 56.7 Å². The van der Waals surface area contributed by atoms with Crippen LogP contribution < -0.4 is 10.2 Å². The van der Waals surface area contributed by atoms with Gasteiger partial charge in [0.15, 0.2) is 0 Å². The zero-order valence-corrected chi connectivity index (χ0v) is 16.0. The van der Waals surface area contributed by atoms with Crippen LogP contribution in [0.2, 0.25) is 0 Å². The molecule has 1 N–H and O–H groups in total. The van der Waals surface area contributed by atoms with E-state index < -0.39 is 0 Å². The summed E-state index contributed by atoms with van der Waals surface area (Å²) in [5.41, 5.74) is 0.550. The number of piperazine rings is 1. The quantitative estimate of drug-likeness (QED) is 0.868. The summed E-state index contributed by atoms with van der Waals surface area (Å²) < 4.78 is 13.4. The second kappa shape index (κ2) is 7.03. The van der Waals surface area contributed by atoms with Crippen molar-refractivity contribution < 1.29 is 14.0 Å². The van der Waals surface area contributed by atoms with E-state index in [0.29, 0.717) is 30.9 Å². The van der Waals surface area contributed by atoms with Crippen LogP contribution in [0.3, 0.4) is 0 Å². The highest BCUT2D eigenvalue weighted by Gasteiger charge is 2.47. The molecule has 1 saturated carbocycles. The fourth-order valence-corrected chi connectivity index (χ4v) is 5.33. The van der Waals surface area contributed by atoms with Crippen LogP contribution in [0, 0.1) is 5.82 Å². The molecule has 0 aromatic heterocycles. The number of nitrogens with zero attached hydrogens (tertiary/aromatic N) is 3. The first-order valence-corrected chi connectivity index (χ1v) is 10.5. The molecule has 1 aromatic carbocycles. The highest BCUT2D eigenvalue weighted by molar-refractivity contribution is 5.97. The number of halogens is 1. The van der Waals surface area contributed by atoms with Crippen LogP contribution in [-0.2, 0) is 4.79 Å². The highest BCUT2D eigenvalue weighted by Crippen LogP contribution is 2.43. The Morgan fingerprint density at radius 2 is 1.75 bits per heavy atom. The average Bonchev–Trinajstić information content (AvgIpc) is 3.47. The Morgan fingerprint density at radius 1 is 1.04 bits per heavy atom. The summed E-state index contributed by atoms with van der Waals surface area (Å²) >= 11 is 0. The number of nitrogens with one attached hydrogen (secondary N) is 1. The van der Waals surface area contributed by atoms with E-state index in [2.05, 4.69) is 10.2 Å². The zero-order chi connectivity index (χ0) is 19.3. The number of hydrogen-bond donors (Lipinski definition) is 1. The SMILES string of the molecule is O=C(NC1CC2CCC(C1)N2C1CC1)N1CCN(c2cccc(F)c2)C(=O)C1. The van der Waals surface area contributed by atoms with Crippen molar-refractivity contribution in [3.05, 3.63) is 30.1 Å². The van der Waals surface area contributed by atoms with Gasteiger partial charge in [-0.25, -0.2) is 9.18 Å². The predicted octanol–water partition coefficient (Wildman–Crippen LogP) is 2.34. The molecule has 150 valence electrons. The summed E-state index contributed by atoms with van der Waals surface area (Å²) in [6, 6.07) is 8.12. The molecule has 4 fully saturated rings. The van der Waals surface area contributed by atoms with Crippen molar-refractivity contribution in [2.75, 3.05) is 24.5 Å². The van der Waals surface area contributed by atoms with E-state index in [-0.39, 0.29) is 30.3 Å². The Kier molecular flexibility index (Phi) is 4.50. The van der Waals surface area contributed by atoms with E-state index in [9.17, 15) is 14.0 Å². The first kappa shape index (κ1) is 17.9. The van der Waals surface area contributed by atoms with Gasteiger partial charge in [-0.2, -0.15) is 0 Å². The van der Waals surface area contributed by atoms with Gasteiger partial charge in [0.2, 0.25) is 5.91 Å². The molecule has 2 unspecified atom stereocenters. The van der Waals surface area contributed by atoms with Gasteiger partial charge < -0.3 is 15.1 Å². The standard InChI is InChI=1S/C21H27FN4O2/c22-14-2-1-3-17(10-14)25-9-8-24(13-20(25)27)21(28)23-15-11-18-6-7-19(12-15)26(18)16-4-5-16/h1-3,10,15-16,18-19H,4-9,11-13H2,(H,23,28). The summed E-state index contributed by atoms with van der Waals surface area (Å²) in [5.74, 6) is -0.534. The van der Waals surface area contributed by atoms with E-state index in [1.54, 1.807) is 21.9 Å². The molecule has 6 nitrogen and oxygen atoms in total. The van der Waals surface area contributed by atoms with E-state index in [1.165, 1.54) is 37.8 Å². The van der Waals surface area contributed by atoms with Gasteiger partial charge in [0, 0.05) is 42.9 Å². The van der Waals surface area contributed by atoms with Crippen LogP contribution >= 0.6 is 0 Å². The molecule has 28 heavy (non-hydrogen) atoms. The number of amides is 3. The number of carbonyl (C=O) groups excluding carboxylic acids is 2. The second-order valence-corrected chi connectivity index (χ2v) is 8.63. The van der Waals surface area contributed by atoms with Crippen LogP contribution in [0.25, 0.3) is 0 Å². The number of urea groups is 1. The first-order chi connectivity index (χ1) is 13.6. The number of piperidine rings is 1. The van der Waals surface area contributed by atoms with Gasteiger partial charge in [0.1, 0.15) is 12.4 Å². The van der Waals surface area contributed by atoms with E-state index in [1.807, 2.05) is 0 Å². The number of fused-ring (bicyclic) bond motifs is 2. The lowest BCUT2D eigenvalue weighted by Gasteiger charge is -2.40. The van der Waals surface area contributed by atoms with Gasteiger partial charge in [0.25, 0.3) is 0 Å². The van der Waals surface area contributed by atoms with Crippen molar-refractivity contribution in [2.45, 2.75) is 62.7 Å². The van der Waals surface area contributed by atoms with Crippen LogP contribution in [0.15, 0.2) is 24.3 Å². The molecule has 2 bridgehead atoms. The Labute approximate surface area is 164 Å². The molecule has 3 heterocycles. The lowest BCUT2D eigenvalue weighted by atomic mass is 9.97. The molecular formula is C21H27FN4O2. The van der Waals surface area contributed by atoms with Crippen LogP contribution in [0.5, 0.6) is 0 Å². The summed E-state index contributed by atoms with van der Waals surface area (Å²) in [6.07, 6.45) is 7.21. The van der Waals surface area contributed by atoms with Crippen LogP contribution in [0.4, 0.5) is 14.9 Å². The molecule has 1 aliphatic carbocycles. The third-order valence-electron chi connectivity index (χ3n) is 6.71. The van der Waals surface area contributed by atoms with Crippen molar-refractivity contribution in [3.8, 4) is 0 Å². The summed E-state index contributed by atoms with van der Waals surface area (Å²) in [7, 11) is 0. The summed E-state index contributed by atoms with van der Waals surface area (Å²) in [6.45, 7) is 0.888. The molecular weight excluding hydrogens is 359 g/mol. The number of rotatable bonds is 3. The third kappa shape index (κ3) is 3.36. The van der Waals surface area contributed by atoms with Crippen molar-refractivity contribution in [1.29, 1.82) is 0 Å². The fourth-order valence-electron chi connectivity index (χ4n) is 5.33. The van der Waals surface area contributed by atoms with E-state index >= 15 is 0 Å². The van der Waals surface area contributed by atoms with Crippen molar-refractivity contribution in [1.82, 2.24) is 15.1 Å². The molecule has 3 amide bonds. The lowest BCUT2D eigenvalue weighted by molar-refractivity contribution is -0.120. The zero-order valence-electron chi connectivity index (χ0n) is 16.0. The van der Waals surface area contributed by atoms with Crippen molar-refractivity contribution in [3.63, 3.8) is 0 Å². The van der Waals surface area contributed by atoms with Crippen molar-refractivity contribution in [2.24, 2.45) is 0 Å². The van der Waals surface area contributed by atoms with E-state index in [4.69, 9.17) is 0 Å². The monoisotopic (exact) mass is 386 g/mol. The fraction of sp³-hybridized carbons (Fsp3) is 0.619. The topological polar surface area (TPSA) is 55.9 Å². The Morgan fingerprint density at radius 3 is 2.39 bits per heavy atom. The lowest BCUT2D eigenvalue weighted by Crippen LogP contribution is -2.58. The van der Waals surface area contributed by atoms with Gasteiger partial charge in [-0.3, -0.25) is 9.69 Å². The van der Waals surface area contributed by atoms with Gasteiger partial charge in [-0.1, -0.05) is 6.07 Å². The molecule has 1 aromatic rings. The van der Waals surface area contributed by atoms with E-state index in [0.717, 1.165) is 18.9 Å². The Hall–Kier alpha value is -2.15. The molecule has 5 rings (SSSR count). The first-order valence-electron chi connectivity index (χ1n) is 10.5. The number of carbonyl (C=O) groups is 2. The minimum Gasteiger partial charge on any atom is -0.335 e. The molecule has 4 aliphatic rings. The largest absolute Gasteiger partial charge is 0.335 e. The number of hydrogen-bond acceptors (Lipinski definition) is 3. The average molecular weight is 386 g/mol. The second-order valence-electron chi connectivity index (χ2n) is 8.63. The van der Waals surface area contributed by atoms with Gasteiger partial charge >= 0.3 is 6.03 Å². The molecule has 3 aliphatic heterocycles. The normalized spacial score (nSPS) is 30.6.